The van der Waals surface area contributed by atoms with Crippen molar-refractivity contribution in [3.63, 3.8) is 0 Å². The van der Waals surface area contributed by atoms with Crippen LogP contribution in [-0.2, 0) is 6.42 Å². The molecular formula is C25H32N2O2. The Morgan fingerprint density at radius 2 is 1.86 bits per heavy atom. The number of carbonyl (C=O) groups excluding carboxylic acids is 1. The summed E-state index contributed by atoms with van der Waals surface area (Å²) in [5, 5.41) is 0. The van der Waals surface area contributed by atoms with Gasteiger partial charge in [0, 0.05) is 25.2 Å². The highest BCUT2D eigenvalue weighted by atomic mass is 16.5. The monoisotopic (exact) mass is 392 g/mol. The van der Waals surface area contributed by atoms with Gasteiger partial charge in [-0.3, -0.25) is 0 Å². The van der Waals surface area contributed by atoms with E-state index in [9.17, 15) is 4.79 Å². The number of fused-ring (bicyclic) bond motifs is 5. The summed E-state index contributed by atoms with van der Waals surface area (Å²) in [5.74, 6) is 0.882. The summed E-state index contributed by atoms with van der Waals surface area (Å²) in [5.41, 5.74) is 4.01. The van der Waals surface area contributed by atoms with Crippen LogP contribution in [0.3, 0.4) is 0 Å². The molecule has 154 valence electrons. The summed E-state index contributed by atoms with van der Waals surface area (Å²) in [6, 6.07) is 17.4. The summed E-state index contributed by atoms with van der Waals surface area (Å²) in [7, 11) is 1.90. The van der Waals surface area contributed by atoms with Crippen molar-refractivity contribution >= 4 is 6.03 Å². The molecule has 2 fully saturated rings. The Hall–Kier alpha value is -2.49. The van der Waals surface area contributed by atoms with Gasteiger partial charge in [-0.25, -0.2) is 4.79 Å². The maximum Gasteiger partial charge on any atom is 0.320 e. The Morgan fingerprint density at radius 3 is 2.66 bits per heavy atom. The summed E-state index contributed by atoms with van der Waals surface area (Å²) >= 11 is 0. The van der Waals surface area contributed by atoms with E-state index >= 15 is 0 Å². The van der Waals surface area contributed by atoms with Crippen LogP contribution in [0.1, 0.15) is 38.7 Å². The van der Waals surface area contributed by atoms with Crippen molar-refractivity contribution in [2.45, 2.75) is 45.6 Å². The van der Waals surface area contributed by atoms with Crippen LogP contribution in [0, 0.1) is 5.41 Å². The predicted octanol–water partition coefficient (Wildman–Crippen LogP) is 5.22. The van der Waals surface area contributed by atoms with Gasteiger partial charge < -0.3 is 14.5 Å². The Kier molecular flexibility index (Phi) is 5.53. The lowest BCUT2D eigenvalue weighted by Gasteiger charge is -2.29. The maximum atomic E-state index is 13.1. The van der Waals surface area contributed by atoms with Gasteiger partial charge in [0.1, 0.15) is 12.4 Å². The number of benzene rings is 2. The number of carbonyl (C=O) groups is 1. The number of para-hydroxylation sites is 1. The molecule has 1 atom stereocenters. The van der Waals surface area contributed by atoms with Crippen LogP contribution in [0.4, 0.5) is 4.79 Å². The first-order valence-electron chi connectivity index (χ1n) is 11.0. The number of nitrogens with zero attached hydrogens (tertiary/aromatic N) is 2. The van der Waals surface area contributed by atoms with E-state index in [2.05, 4.69) is 41.3 Å². The molecule has 2 amide bonds. The van der Waals surface area contributed by atoms with E-state index in [0.717, 1.165) is 30.7 Å². The Bertz CT molecular complexity index is 875. The fraction of sp³-hybridized carbons (Fsp3) is 0.480. The van der Waals surface area contributed by atoms with Crippen molar-refractivity contribution in [1.29, 1.82) is 0 Å². The van der Waals surface area contributed by atoms with Gasteiger partial charge in [-0.2, -0.15) is 0 Å². The third kappa shape index (κ3) is 3.98. The van der Waals surface area contributed by atoms with E-state index < -0.39 is 0 Å². The molecule has 5 rings (SSSR count). The van der Waals surface area contributed by atoms with Gasteiger partial charge in [0.25, 0.3) is 0 Å². The number of amides is 2. The molecule has 4 nitrogen and oxygen atoms in total. The highest BCUT2D eigenvalue weighted by Gasteiger charge is 2.53. The van der Waals surface area contributed by atoms with Crippen LogP contribution in [0.15, 0.2) is 48.5 Å². The van der Waals surface area contributed by atoms with Crippen molar-refractivity contribution in [3.05, 3.63) is 54.1 Å². The molecule has 1 saturated carbocycles. The minimum atomic E-state index is 0.149. The van der Waals surface area contributed by atoms with Crippen LogP contribution in [-0.4, -0.2) is 48.6 Å². The fourth-order valence-electron chi connectivity index (χ4n) is 4.69. The molecule has 3 aliphatic rings. The first kappa shape index (κ1) is 19.8. The second kappa shape index (κ2) is 8.10. The Morgan fingerprint density at radius 1 is 1.07 bits per heavy atom. The normalized spacial score (nSPS) is 22.2. The molecule has 2 aromatic rings. The largest absolute Gasteiger partial charge is 0.491 e. The van der Waals surface area contributed by atoms with E-state index in [1.165, 1.54) is 24.0 Å². The molecule has 0 radical (unpaired) electrons. The van der Waals surface area contributed by atoms with Gasteiger partial charge in [-0.15, -0.1) is 0 Å². The molecule has 29 heavy (non-hydrogen) atoms. The van der Waals surface area contributed by atoms with Crippen molar-refractivity contribution in [3.8, 4) is 16.9 Å². The summed E-state index contributed by atoms with van der Waals surface area (Å²) < 4.78 is 6.07. The molecule has 2 aliphatic heterocycles. The van der Waals surface area contributed by atoms with E-state index in [0.29, 0.717) is 24.6 Å². The van der Waals surface area contributed by atoms with Crippen LogP contribution >= 0.6 is 0 Å². The van der Waals surface area contributed by atoms with E-state index in [4.69, 9.17) is 4.74 Å². The zero-order valence-electron chi connectivity index (χ0n) is 17.9. The number of ether oxygens (including phenoxy) is 1. The molecule has 0 aromatic heterocycles. The molecule has 2 bridgehead atoms. The summed E-state index contributed by atoms with van der Waals surface area (Å²) in [4.78, 5) is 17.1. The highest BCUT2D eigenvalue weighted by Crippen LogP contribution is 2.55. The van der Waals surface area contributed by atoms with Gasteiger partial charge in [0.05, 0.1) is 6.54 Å². The summed E-state index contributed by atoms with van der Waals surface area (Å²) in [6.07, 6.45) is 4.61. The van der Waals surface area contributed by atoms with Crippen LogP contribution in [0.25, 0.3) is 11.1 Å². The standard InChI is InChI=1S/C23H26N2O2.C2H6/c1-24-11-12-27-21-8-3-2-7-20(21)18-6-4-5-17(13-18)14-19-15-23(9-10-23)16-25(19)22(24)26;1-2/h2-8,13,19H,9-12,14-16H2,1H3;1-2H3/t19-;/m0./s1. The van der Waals surface area contributed by atoms with E-state index in [1.54, 1.807) is 0 Å². The molecule has 1 spiro atoms. The second-order valence-corrected chi connectivity index (χ2v) is 8.44. The van der Waals surface area contributed by atoms with Crippen molar-refractivity contribution in [1.82, 2.24) is 9.80 Å². The molecule has 1 saturated heterocycles. The molecule has 0 unspecified atom stereocenters. The number of hydrogen-bond donors (Lipinski definition) is 0. The summed E-state index contributed by atoms with van der Waals surface area (Å²) in [6.45, 7) is 6.02. The lowest BCUT2D eigenvalue weighted by Crippen LogP contribution is -2.45. The average Bonchev–Trinajstić information content (AvgIpc) is 3.41. The lowest BCUT2D eigenvalue weighted by atomic mass is 9.95. The number of urea groups is 1. The minimum absolute atomic E-state index is 0.149. The van der Waals surface area contributed by atoms with Gasteiger partial charge in [0.2, 0.25) is 0 Å². The van der Waals surface area contributed by atoms with Gasteiger partial charge in [-0.1, -0.05) is 56.3 Å². The van der Waals surface area contributed by atoms with Gasteiger partial charge in [-0.05, 0) is 48.3 Å². The zero-order chi connectivity index (χ0) is 20.4. The average molecular weight is 393 g/mol. The molecule has 2 aromatic carbocycles. The van der Waals surface area contributed by atoms with Gasteiger partial charge in [0.15, 0.2) is 0 Å². The molecule has 2 heterocycles. The fourth-order valence-corrected chi connectivity index (χ4v) is 4.69. The van der Waals surface area contributed by atoms with Crippen molar-refractivity contribution in [2.75, 3.05) is 26.7 Å². The van der Waals surface area contributed by atoms with Gasteiger partial charge >= 0.3 is 6.03 Å². The van der Waals surface area contributed by atoms with Crippen LogP contribution in [0.2, 0.25) is 0 Å². The lowest BCUT2D eigenvalue weighted by molar-refractivity contribution is 0.148. The quantitative estimate of drug-likeness (QED) is 0.616. The van der Waals surface area contributed by atoms with Crippen LogP contribution in [0.5, 0.6) is 5.75 Å². The third-order valence-electron chi connectivity index (χ3n) is 6.43. The number of rotatable bonds is 0. The number of likely N-dealkylation sites (N-methyl/N-ethyl adjacent to an activating group) is 1. The van der Waals surface area contributed by atoms with E-state index in [-0.39, 0.29) is 6.03 Å². The highest BCUT2D eigenvalue weighted by molar-refractivity contribution is 5.75. The molecule has 1 aliphatic carbocycles. The number of hydrogen-bond acceptors (Lipinski definition) is 2. The van der Waals surface area contributed by atoms with Crippen molar-refractivity contribution < 1.29 is 9.53 Å². The van der Waals surface area contributed by atoms with E-state index in [1.807, 2.05) is 37.9 Å². The SMILES string of the molecule is CC.CN1CCOc2ccccc2-c2cccc(c2)C[C@H]2CC3(CC3)CN2C1=O. The third-order valence-corrected chi connectivity index (χ3v) is 6.43. The van der Waals surface area contributed by atoms with Crippen molar-refractivity contribution in [2.24, 2.45) is 5.41 Å². The first-order chi connectivity index (χ1) is 14.1. The predicted molar refractivity (Wildman–Crippen MR) is 117 cm³/mol. The first-order valence-corrected chi connectivity index (χ1v) is 11.0. The second-order valence-electron chi connectivity index (χ2n) is 8.44. The zero-order valence-corrected chi connectivity index (χ0v) is 17.9. The minimum Gasteiger partial charge on any atom is -0.491 e. The Balaban J connectivity index is 0.000000994. The smallest absolute Gasteiger partial charge is 0.320 e. The Labute approximate surface area is 174 Å². The maximum absolute atomic E-state index is 13.1. The topological polar surface area (TPSA) is 32.8 Å². The molecular weight excluding hydrogens is 360 g/mol. The van der Waals surface area contributed by atoms with Crippen LogP contribution < -0.4 is 4.74 Å². The molecule has 4 heteroatoms. The molecule has 0 N–H and O–H groups in total.